The van der Waals surface area contributed by atoms with Gasteiger partial charge in [-0.25, -0.2) is 4.39 Å². The van der Waals surface area contributed by atoms with E-state index >= 15 is 0 Å². The maximum absolute atomic E-state index is 13.6. The zero-order valence-electron chi connectivity index (χ0n) is 13.7. The summed E-state index contributed by atoms with van der Waals surface area (Å²) < 4.78 is 14.1. The first-order chi connectivity index (χ1) is 10.6. The van der Waals surface area contributed by atoms with Gasteiger partial charge in [0, 0.05) is 45.8 Å². The fourth-order valence-corrected chi connectivity index (χ4v) is 2.84. The highest BCUT2D eigenvalue weighted by atomic mass is 127. The molecule has 1 aliphatic heterocycles. The van der Waals surface area contributed by atoms with Crippen molar-refractivity contribution in [2.45, 2.75) is 20.4 Å². The van der Waals surface area contributed by atoms with E-state index in [2.05, 4.69) is 49.9 Å². The van der Waals surface area contributed by atoms with Gasteiger partial charge < -0.3 is 10.2 Å². The smallest absolute Gasteiger partial charge is 0.193 e. The van der Waals surface area contributed by atoms with Crippen molar-refractivity contribution in [3.63, 3.8) is 0 Å². The van der Waals surface area contributed by atoms with Crippen molar-refractivity contribution in [2.75, 3.05) is 39.3 Å². The van der Waals surface area contributed by atoms with E-state index in [1.165, 1.54) is 0 Å². The summed E-state index contributed by atoms with van der Waals surface area (Å²) >= 11 is 3.19. The van der Waals surface area contributed by atoms with Crippen LogP contribution in [0.1, 0.15) is 19.4 Å². The van der Waals surface area contributed by atoms with E-state index in [0.717, 1.165) is 57.3 Å². The third-order valence-electron chi connectivity index (χ3n) is 3.70. The molecule has 1 heterocycles. The van der Waals surface area contributed by atoms with Gasteiger partial charge in [-0.3, -0.25) is 9.89 Å². The number of piperazine rings is 1. The third kappa shape index (κ3) is 6.19. The van der Waals surface area contributed by atoms with Crippen LogP contribution in [0.2, 0.25) is 0 Å². The van der Waals surface area contributed by atoms with Crippen LogP contribution < -0.4 is 5.32 Å². The van der Waals surface area contributed by atoms with Crippen LogP contribution in [0, 0.1) is 5.82 Å². The Bertz CT molecular complexity index is 519. The van der Waals surface area contributed by atoms with E-state index in [-0.39, 0.29) is 29.8 Å². The molecule has 1 saturated heterocycles. The highest BCUT2D eigenvalue weighted by Crippen LogP contribution is 2.18. The van der Waals surface area contributed by atoms with Gasteiger partial charge in [0.25, 0.3) is 0 Å². The lowest BCUT2D eigenvalue weighted by Crippen LogP contribution is -2.52. The molecule has 4 nitrogen and oxygen atoms in total. The molecule has 130 valence electrons. The van der Waals surface area contributed by atoms with Crippen molar-refractivity contribution in [2.24, 2.45) is 4.99 Å². The van der Waals surface area contributed by atoms with Crippen LogP contribution in [0.25, 0.3) is 0 Å². The molecule has 23 heavy (non-hydrogen) atoms. The molecule has 0 bridgehead atoms. The van der Waals surface area contributed by atoms with Crippen molar-refractivity contribution >= 4 is 45.9 Å². The summed E-state index contributed by atoms with van der Waals surface area (Å²) in [6.45, 7) is 10.4. The number of nitrogens with zero attached hydrogens (tertiary/aromatic N) is 3. The number of guanidine groups is 1. The molecular formula is C16H25BrFIN4. The zero-order valence-corrected chi connectivity index (χ0v) is 17.6. The highest BCUT2D eigenvalue weighted by molar-refractivity contribution is 14.0. The van der Waals surface area contributed by atoms with Gasteiger partial charge in [0.05, 0.1) is 4.47 Å². The van der Waals surface area contributed by atoms with Crippen LogP contribution in [0.3, 0.4) is 0 Å². The lowest BCUT2D eigenvalue weighted by atomic mass is 10.2. The summed E-state index contributed by atoms with van der Waals surface area (Å²) in [5.41, 5.74) is 1.02. The maximum atomic E-state index is 13.6. The molecule has 1 fully saturated rings. The molecule has 0 atom stereocenters. The van der Waals surface area contributed by atoms with E-state index in [0.29, 0.717) is 4.47 Å². The highest BCUT2D eigenvalue weighted by Gasteiger charge is 2.19. The predicted molar refractivity (Wildman–Crippen MR) is 108 cm³/mol. The van der Waals surface area contributed by atoms with Crippen LogP contribution in [0.4, 0.5) is 4.39 Å². The molecule has 0 unspecified atom stereocenters. The van der Waals surface area contributed by atoms with Gasteiger partial charge in [0.1, 0.15) is 5.82 Å². The number of hydrogen-bond acceptors (Lipinski definition) is 2. The zero-order chi connectivity index (χ0) is 15.9. The molecule has 1 aliphatic rings. The number of nitrogens with one attached hydrogen (secondary N) is 1. The molecule has 7 heteroatoms. The van der Waals surface area contributed by atoms with Gasteiger partial charge in [0.2, 0.25) is 0 Å². The second-order valence-electron chi connectivity index (χ2n) is 5.34. The van der Waals surface area contributed by atoms with E-state index in [9.17, 15) is 4.39 Å². The minimum atomic E-state index is -0.194. The SMILES string of the molecule is CCN=C(NCC)N1CCN(Cc2ccc(Br)c(F)c2)CC1.I. The number of hydrogen-bond donors (Lipinski definition) is 1. The normalized spacial score (nSPS) is 16.2. The van der Waals surface area contributed by atoms with Gasteiger partial charge in [-0.2, -0.15) is 0 Å². The summed E-state index contributed by atoms with van der Waals surface area (Å²) in [5, 5.41) is 3.33. The molecule has 0 saturated carbocycles. The summed E-state index contributed by atoms with van der Waals surface area (Å²) in [7, 11) is 0. The molecule has 0 aromatic heterocycles. The van der Waals surface area contributed by atoms with Gasteiger partial charge in [-0.05, 0) is 47.5 Å². The van der Waals surface area contributed by atoms with Crippen LogP contribution in [-0.2, 0) is 6.54 Å². The lowest BCUT2D eigenvalue weighted by Gasteiger charge is -2.36. The maximum Gasteiger partial charge on any atom is 0.193 e. The average Bonchev–Trinajstić information content (AvgIpc) is 2.52. The third-order valence-corrected chi connectivity index (χ3v) is 4.35. The van der Waals surface area contributed by atoms with Gasteiger partial charge in [-0.15, -0.1) is 24.0 Å². The Balaban J connectivity index is 0.00000264. The Hall–Kier alpha value is -0.410. The van der Waals surface area contributed by atoms with E-state index in [1.54, 1.807) is 12.1 Å². The average molecular weight is 499 g/mol. The Morgan fingerprint density at radius 2 is 1.96 bits per heavy atom. The number of halogens is 3. The van der Waals surface area contributed by atoms with Gasteiger partial charge >= 0.3 is 0 Å². The molecule has 0 radical (unpaired) electrons. The fourth-order valence-electron chi connectivity index (χ4n) is 2.59. The van der Waals surface area contributed by atoms with Crippen molar-refractivity contribution < 1.29 is 4.39 Å². The largest absolute Gasteiger partial charge is 0.357 e. The molecular weight excluding hydrogens is 474 g/mol. The van der Waals surface area contributed by atoms with Crippen LogP contribution >= 0.6 is 39.9 Å². The van der Waals surface area contributed by atoms with E-state index in [1.807, 2.05) is 6.07 Å². The van der Waals surface area contributed by atoms with Gasteiger partial charge in [0.15, 0.2) is 5.96 Å². The predicted octanol–water partition coefficient (Wildman–Crippen LogP) is 3.31. The van der Waals surface area contributed by atoms with Crippen LogP contribution in [0.15, 0.2) is 27.7 Å². The molecule has 1 aromatic carbocycles. The summed E-state index contributed by atoms with van der Waals surface area (Å²) in [5.74, 6) is 0.806. The molecule has 1 aromatic rings. The number of rotatable bonds is 4. The number of benzene rings is 1. The molecule has 0 aliphatic carbocycles. The summed E-state index contributed by atoms with van der Waals surface area (Å²) in [6, 6.07) is 5.36. The molecule has 1 N–H and O–H groups in total. The van der Waals surface area contributed by atoms with E-state index < -0.39 is 0 Å². The van der Waals surface area contributed by atoms with Crippen LogP contribution in [-0.4, -0.2) is 55.0 Å². The Morgan fingerprint density at radius 1 is 1.26 bits per heavy atom. The van der Waals surface area contributed by atoms with Gasteiger partial charge in [-0.1, -0.05) is 6.07 Å². The van der Waals surface area contributed by atoms with Crippen molar-refractivity contribution in [1.82, 2.24) is 15.1 Å². The summed E-state index contributed by atoms with van der Waals surface area (Å²) in [6.07, 6.45) is 0. The quantitative estimate of drug-likeness (QED) is 0.392. The van der Waals surface area contributed by atoms with Crippen molar-refractivity contribution in [1.29, 1.82) is 0 Å². The minimum absolute atomic E-state index is 0. The molecule has 0 spiro atoms. The molecule has 2 rings (SSSR count). The second kappa shape index (κ2) is 10.5. The standard InChI is InChI=1S/C16H24BrFN4.HI/c1-3-19-16(20-4-2)22-9-7-21(8-10-22)12-13-5-6-14(17)15(18)11-13;/h5-6,11H,3-4,7-10,12H2,1-2H3,(H,19,20);1H. The molecule has 0 amide bonds. The summed E-state index contributed by atoms with van der Waals surface area (Å²) in [4.78, 5) is 9.18. The van der Waals surface area contributed by atoms with Crippen molar-refractivity contribution in [3.8, 4) is 0 Å². The Morgan fingerprint density at radius 3 is 2.52 bits per heavy atom. The first-order valence-corrected chi connectivity index (χ1v) is 8.62. The fraction of sp³-hybridized carbons (Fsp3) is 0.562. The van der Waals surface area contributed by atoms with E-state index in [4.69, 9.17) is 0 Å². The minimum Gasteiger partial charge on any atom is -0.357 e. The Kier molecular flexibility index (Phi) is 9.38. The topological polar surface area (TPSA) is 30.9 Å². The van der Waals surface area contributed by atoms with Crippen molar-refractivity contribution in [3.05, 3.63) is 34.1 Å². The number of aliphatic imine (C=N–C) groups is 1. The first-order valence-electron chi connectivity index (χ1n) is 7.83. The Labute approximate surface area is 163 Å². The second-order valence-corrected chi connectivity index (χ2v) is 6.19. The first kappa shape index (κ1) is 20.6. The lowest BCUT2D eigenvalue weighted by molar-refractivity contribution is 0.172. The van der Waals surface area contributed by atoms with Crippen LogP contribution in [0.5, 0.6) is 0 Å². The monoisotopic (exact) mass is 498 g/mol.